The van der Waals surface area contributed by atoms with Gasteiger partial charge in [-0.1, -0.05) is 24.3 Å². The maximum Gasteiger partial charge on any atom is 0.328 e. The molecule has 16 nitrogen and oxygen atoms in total. The largest absolute Gasteiger partial charge is 0.347 e. The Morgan fingerprint density at radius 1 is 0.635 bits per heavy atom. The van der Waals surface area contributed by atoms with Crippen LogP contribution in [0.15, 0.2) is 112 Å². The quantitative estimate of drug-likeness (QED) is 0.0756. The van der Waals surface area contributed by atoms with Gasteiger partial charge in [0.2, 0.25) is 11.1 Å². The summed E-state index contributed by atoms with van der Waals surface area (Å²) in [5.74, 6) is -4.00. The van der Waals surface area contributed by atoms with Crippen LogP contribution in [0.1, 0.15) is 43.0 Å². The summed E-state index contributed by atoms with van der Waals surface area (Å²) in [5, 5.41) is 18.0. The molecule has 4 N–H and O–H groups in total. The lowest BCUT2D eigenvalue weighted by molar-refractivity contribution is 0.101. The predicted octanol–water partition coefficient (Wildman–Crippen LogP) is 10.6. The Morgan fingerprint density at radius 3 is 1.47 bits per heavy atom. The summed E-state index contributed by atoms with van der Waals surface area (Å²) in [6.45, 7) is 3.73. The normalized spacial score (nSPS) is 13.1. The van der Waals surface area contributed by atoms with Crippen molar-refractivity contribution in [2.75, 3.05) is 45.7 Å². The molecule has 6 heterocycles. The van der Waals surface area contributed by atoms with Crippen molar-refractivity contribution in [3.63, 3.8) is 0 Å². The maximum absolute atomic E-state index is 14.8. The number of hydrogen-bond acceptors (Lipinski definition) is 12. The lowest BCUT2D eigenvalue weighted by Crippen LogP contribution is -2.43. The molecule has 0 bridgehead atoms. The summed E-state index contributed by atoms with van der Waals surface area (Å²) < 4.78 is 71.5. The van der Waals surface area contributed by atoms with E-state index in [2.05, 4.69) is 36.2 Å². The lowest BCUT2D eigenvalue weighted by atomic mass is 9.99. The number of aromatic nitrogens is 4. The Kier molecular flexibility index (Phi) is 14.3. The number of benzene rings is 4. The van der Waals surface area contributed by atoms with Gasteiger partial charge in [0.15, 0.2) is 11.6 Å². The Morgan fingerprint density at radius 2 is 1.07 bits per heavy atom. The zero-order valence-electron chi connectivity index (χ0n) is 39.7. The number of anilines is 7. The van der Waals surface area contributed by atoms with E-state index in [1.165, 1.54) is 41.1 Å². The van der Waals surface area contributed by atoms with E-state index < -0.39 is 57.5 Å². The number of rotatable bonds is 10. The third kappa shape index (κ3) is 10.0. The second-order valence-corrected chi connectivity index (χ2v) is 19.6. The molecule has 2 aliphatic heterocycles. The zero-order chi connectivity index (χ0) is 52.5. The van der Waals surface area contributed by atoms with Gasteiger partial charge in [0, 0.05) is 64.7 Å². The van der Waals surface area contributed by atoms with E-state index in [1.54, 1.807) is 77.6 Å². The molecule has 0 spiro atoms. The van der Waals surface area contributed by atoms with Gasteiger partial charge in [-0.05, 0) is 96.4 Å². The second-order valence-electron chi connectivity index (χ2n) is 16.8. The van der Waals surface area contributed by atoms with Crippen LogP contribution >= 0.6 is 22.7 Å². The van der Waals surface area contributed by atoms with E-state index in [0.29, 0.717) is 56.1 Å². The van der Waals surface area contributed by atoms with Crippen molar-refractivity contribution in [3.05, 3.63) is 163 Å². The molecular formula is C51H41F4N11O5S3. The van der Waals surface area contributed by atoms with Crippen LogP contribution in [-0.2, 0) is 23.9 Å². The van der Waals surface area contributed by atoms with Crippen LogP contribution in [-0.4, -0.2) is 68.4 Å². The monoisotopic (exact) mass is 1060 g/mol. The Balaban J connectivity index is 0.000000182. The van der Waals surface area contributed by atoms with Crippen LogP contribution in [0.5, 0.6) is 0 Å². The van der Waals surface area contributed by atoms with E-state index in [0.717, 1.165) is 45.2 Å². The van der Waals surface area contributed by atoms with Crippen molar-refractivity contribution < 1.29 is 40.9 Å². The van der Waals surface area contributed by atoms with Crippen molar-refractivity contribution in [2.45, 2.75) is 32.1 Å². The second kappa shape index (κ2) is 21.0. The molecule has 0 saturated carbocycles. The van der Waals surface area contributed by atoms with Gasteiger partial charge in [0.25, 0.3) is 11.8 Å². The molecular weight excluding hydrogens is 1020 g/mol. The van der Waals surface area contributed by atoms with Crippen molar-refractivity contribution in [3.8, 4) is 22.5 Å². The Bertz CT molecular complexity index is 3520. The Hall–Kier alpha value is -8.41. The highest BCUT2D eigenvalue weighted by atomic mass is 32.2. The first-order valence-electron chi connectivity index (χ1n) is 22.2. The fourth-order valence-electron chi connectivity index (χ4n) is 7.98. The smallest absolute Gasteiger partial charge is 0.328 e. The topological polar surface area (TPSA) is 195 Å². The molecule has 74 heavy (non-hydrogen) atoms. The van der Waals surface area contributed by atoms with Crippen molar-refractivity contribution in [1.82, 2.24) is 30.6 Å². The van der Waals surface area contributed by atoms with Crippen LogP contribution in [0.25, 0.3) is 22.5 Å². The average Bonchev–Trinajstić information content (AvgIpc) is 4.13. The van der Waals surface area contributed by atoms with E-state index >= 15 is 0 Å². The number of aryl methyl sites for hydroxylation is 2. The fraction of sp³-hybridized carbons (Fsp3) is 0.137. The number of halogens is 4. The first-order valence-corrected chi connectivity index (χ1v) is 25.7. The first kappa shape index (κ1) is 50.5. The molecule has 2 aliphatic rings. The van der Waals surface area contributed by atoms with Crippen LogP contribution in [0.2, 0.25) is 0 Å². The molecule has 0 aliphatic carbocycles. The van der Waals surface area contributed by atoms with Crippen molar-refractivity contribution in [2.24, 2.45) is 0 Å². The number of urea groups is 2. The summed E-state index contributed by atoms with van der Waals surface area (Å²) in [6, 6.07) is 19.2. The van der Waals surface area contributed by atoms with Crippen molar-refractivity contribution in [1.29, 1.82) is 0 Å². The minimum absolute atomic E-state index is 0.0301. The summed E-state index contributed by atoms with van der Waals surface area (Å²) in [7, 11) is 1.78. The van der Waals surface area contributed by atoms with Gasteiger partial charge in [-0.25, -0.2) is 51.9 Å². The predicted molar refractivity (Wildman–Crippen MR) is 277 cm³/mol. The molecule has 23 heteroatoms. The number of carbonyl (C=O) groups excluding carboxylic acids is 4. The third-order valence-corrected chi connectivity index (χ3v) is 13.7. The lowest BCUT2D eigenvalue weighted by Gasteiger charge is -2.31. The SMILES string of the molecule is Cc1ccc(NC(=O)c2ccsc2)cc1-c1nc(N(C)C)nc2c1CNC(=O)N2c1c(F)cccc1F.Cc1ccc(NC(=O)c2ccsc2)cc1-c1nc(S(C)=O)nc2c1CNC(=O)N2c1c(F)cccc1F. The highest BCUT2D eigenvalue weighted by Crippen LogP contribution is 2.42. The number of amides is 6. The van der Waals surface area contributed by atoms with Gasteiger partial charge in [-0.3, -0.25) is 13.8 Å². The first-order chi connectivity index (χ1) is 35.5. The molecule has 1 atom stereocenters. The fourth-order valence-corrected chi connectivity index (χ4v) is 9.69. The number of carbonyl (C=O) groups is 4. The zero-order valence-corrected chi connectivity index (χ0v) is 42.2. The Labute approximate surface area is 430 Å². The molecule has 8 aromatic rings. The molecule has 1 unspecified atom stereocenters. The average molecular weight is 1060 g/mol. The van der Waals surface area contributed by atoms with Gasteiger partial charge in [0.1, 0.15) is 34.6 Å². The van der Waals surface area contributed by atoms with Crippen LogP contribution in [0.3, 0.4) is 0 Å². The van der Waals surface area contributed by atoms with Gasteiger partial charge in [0.05, 0.1) is 46.4 Å². The van der Waals surface area contributed by atoms with Gasteiger partial charge < -0.3 is 26.2 Å². The molecule has 10 rings (SSSR count). The molecule has 0 fully saturated rings. The molecule has 0 radical (unpaired) electrons. The van der Waals surface area contributed by atoms with Gasteiger partial charge >= 0.3 is 12.1 Å². The number of para-hydroxylation sites is 2. The minimum atomic E-state index is -1.68. The molecule has 4 aromatic carbocycles. The van der Waals surface area contributed by atoms with Crippen LogP contribution in [0.4, 0.5) is 67.5 Å². The van der Waals surface area contributed by atoms with Crippen LogP contribution in [0, 0.1) is 37.1 Å². The van der Waals surface area contributed by atoms with E-state index in [4.69, 9.17) is 4.98 Å². The highest BCUT2D eigenvalue weighted by molar-refractivity contribution is 7.84. The number of thiophene rings is 2. The standard InChI is InChI=1S/C26H22F2N6O2S.C25H19F2N5O3S2/c1-14-7-8-16(30-24(35)15-9-10-37-13-15)11-17(14)21-18-12-29-26(36)34(22-19(27)5-4-6-20(22)28)23(18)32-25(31-21)33(2)3;1-13-6-7-15(29-23(33)14-8-9-36-12-14)10-16(13)20-17-11-28-25(34)32(21-18(26)4-3-5-19(21)27)22(17)31-24(30-20)37(2)35/h4-11,13H,12H2,1-3H3,(H,29,36)(H,30,35);3-10,12H,11H2,1-2H3,(H,28,34)(H,29,33). The summed E-state index contributed by atoms with van der Waals surface area (Å²) in [4.78, 5) is 72.3. The molecule has 0 saturated heterocycles. The number of fused-ring (bicyclic) bond motifs is 2. The summed E-state index contributed by atoms with van der Waals surface area (Å²) >= 11 is 2.83. The van der Waals surface area contributed by atoms with E-state index in [1.807, 2.05) is 25.3 Å². The number of hydrogen-bond donors (Lipinski definition) is 4. The summed E-state index contributed by atoms with van der Waals surface area (Å²) in [5.41, 5.74) is 5.48. The maximum atomic E-state index is 14.8. The molecule has 6 amide bonds. The van der Waals surface area contributed by atoms with E-state index in [9.17, 15) is 40.9 Å². The number of nitrogens with one attached hydrogen (secondary N) is 4. The van der Waals surface area contributed by atoms with Gasteiger partial charge in [-0.2, -0.15) is 27.7 Å². The van der Waals surface area contributed by atoms with Crippen molar-refractivity contribution >= 4 is 97.7 Å². The third-order valence-electron chi connectivity index (χ3n) is 11.6. The van der Waals surface area contributed by atoms with Gasteiger partial charge in [-0.15, -0.1) is 0 Å². The summed E-state index contributed by atoms with van der Waals surface area (Å²) in [6.07, 6.45) is 1.37. The van der Waals surface area contributed by atoms with Crippen LogP contribution < -0.4 is 36.0 Å². The molecule has 4 aromatic heterocycles. The molecule has 376 valence electrons. The number of nitrogens with zero attached hydrogens (tertiary/aromatic N) is 7. The highest BCUT2D eigenvalue weighted by Gasteiger charge is 2.36. The minimum Gasteiger partial charge on any atom is -0.347 e. The van der Waals surface area contributed by atoms with E-state index in [-0.39, 0.29) is 47.6 Å².